The van der Waals surface area contributed by atoms with E-state index in [1.54, 1.807) is 6.20 Å². The number of pyridine rings is 1. The lowest BCUT2D eigenvalue weighted by Gasteiger charge is -2.11. The fourth-order valence-corrected chi connectivity index (χ4v) is 1.65. The van der Waals surface area contributed by atoms with Gasteiger partial charge in [0, 0.05) is 18.4 Å². The Balaban J connectivity index is 2.00. The van der Waals surface area contributed by atoms with Crippen LogP contribution in [0.2, 0.25) is 0 Å². The molecule has 0 radical (unpaired) electrons. The molecule has 16 heavy (non-hydrogen) atoms. The molecule has 0 bridgehead atoms. The highest BCUT2D eigenvalue weighted by atomic mass is 16.5. The number of ether oxygens (including phenoxy) is 2. The number of nitrogens with two attached hydrogens (primary N) is 1. The van der Waals surface area contributed by atoms with Crippen LogP contribution >= 0.6 is 0 Å². The lowest BCUT2D eigenvalue weighted by molar-refractivity contribution is 0.0315. The predicted octanol–water partition coefficient (Wildman–Crippen LogP) is 0.671. The molecule has 1 aromatic heterocycles. The molecular weight excluding hydrogens is 206 g/mol. The van der Waals surface area contributed by atoms with Gasteiger partial charge in [-0.15, -0.1) is 0 Å². The topological polar surface area (TPSA) is 81.2 Å². The van der Waals surface area contributed by atoms with Crippen LogP contribution in [0.15, 0.2) is 18.3 Å². The molecule has 1 aliphatic rings. The monoisotopic (exact) mass is 221 g/mol. The SMILES string of the molecule is N=C(N)c1ncccc1COC1CCOC1. The summed E-state index contributed by atoms with van der Waals surface area (Å²) in [4.78, 5) is 4.06. The predicted molar refractivity (Wildman–Crippen MR) is 59.3 cm³/mol. The molecule has 3 N–H and O–H groups in total. The minimum Gasteiger partial charge on any atom is -0.382 e. The molecule has 5 heteroatoms. The second-order valence-electron chi connectivity index (χ2n) is 3.72. The van der Waals surface area contributed by atoms with Gasteiger partial charge in [-0.3, -0.25) is 10.4 Å². The Labute approximate surface area is 94.1 Å². The van der Waals surface area contributed by atoms with Crippen LogP contribution in [0.3, 0.4) is 0 Å². The van der Waals surface area contributed by atoms with Gasteiger partial charge in [0.05, 0.1) is 19.3 Å². The van der Waals surface area contributed by atoms with Gasteiger partial charge in [-0.05, 0) is 12.5 Å². The summed E-state index contributed by atoms with van der Waals surface area (Å²) in [6, 6.07) is 3.69. The number of amidine groups is 1. The first kappa shape index (κ1) is 11.0. The van der Waals surface area contributed by atoms with Crippen LogP contribution in [-0.4, -0.2) is 30.1 Å². The van der Waals surface area contributed by atoms with Crippen molar-refractivity contribution in [2.75, 3.05) is 13.2 Å². The first-order valence-corrected chi connectivity index (χ1v) is 5.25. The molecule has 1 saturated heterocycles. The van der Waals surface area contributed by atoms with Crippen LogP contribution in [-0.2, 0) is 16.1 Å². The van der Waals surface area contributed by atoms with Crippen LogP contribution < -0.4 is 5.73 Å². The molecule has 0 aliphatic carbocycles. The van der Waals surface area contributed by atoms with E-state index in [-0.39, 0.29) is 11.9 Å². The number of rotatable bonds is 4. The van der Waals surface area contributed by atoms with Gasteiger partial charge in [-0.1, -0.05) is 6.07 Å². The Kier molecular flexibility index (Phi) is 3.48. The lowest BCUT2D eigenvalue weighted by atomic mass is 10.2. The zero-order valence-electron chi connectivity index (χ0n) is 8.98. The summed E-state index contributed by atoms with van der Waals surface area (Å²) in [6.07, 6.45) is 2.70. The molecule has 2 rings (SSSR count). The molecular formula is C11H15N3O2. The van der Waals surface area contributed by atoms with E-state index in [0.717, 1.165) is 18.6 Å². The average Bonchev–Trinajstić information content (AvgIpc) is 2.79. The van der Waals surface area contributed by atoms with Gasteiger partial charge in [0.1, 0.15) is 11.5 Å². The van der Waals surface area contributed by atoms with Crippen molar-refractivity contribution in [3.63, 3.8) is 0 Å². The third kappa shape index (κ3) is 2.56. The third-order valence-electron chi connectivity index (χ3n) is 2.51. The molecule has 1 fully saturated rings. The van der Waals surface area contributed by atoms with E-state index >= 15 is 0 Å². The first-order valence-electron chi connectivity index (χ1n) is 5.25. The van der Waals surface area contributed by atoms with Crippen molar-refractivity contribution in [3.05, 3.63) is 29.6 Å². The Hall–Kier alpha value is -1.46. The van der Waals surface area contributed by atoms with Crippen molar-refractivity contribution < 1.29 is 9.47 Å². The highest BCUT2D eigenvalue weighted by molar-refractivity contribution is 5.94. The highest BCUT2D eigenvalue weighted by Gasteiger charge is 2.17. The van der Waals surface area contributed by atoms with Gasteiger partial charge >= 0.3 is 0 Å². The number of aromatic nitrogens is 1. The van der Waals surface area contributed by atoms with E-state index in [2.05, 4.69) is 4.98 Å². The van der Waals surface area contributed by atoms with E-state index in [4.69, 9.17) is 20.6 Å². The molecule has 0 spiro atoms. The number of hydrogen-bond donors (Lipinski definition) is 2. The van der Waals surface area contributed by atoms with Crippen LogP contribution in [0.5, 0.6) is 0 Å². The van der Waals surface area contributed by atoms with E-state index in [1.165, 1.54) is 0 Å². The summed E-state index contributed by atoms with van der Waals surface area (Å²) in [6.45, 7) is 1.84. The number of nitrogen functional groups attached to an aromatic ring is 1. The number of hydrogen-bond acceptors (Lipinski definition) is 4. The zero-order valence-corrected chi connectivity index (χ0v) is 8.98. The Morgan fingerprint density at radius 1 is 1.69 bits per heavy atom. The molecule has 2 heterocycles. The maximum Gasteiger partial charge on any atom is 0.142 e. The number of nitrogens with zero attached hydrogens (tertiary/aromatic N) is 1. The molecule has 0 amide bonds. The van der Waals surface area contributed by atoms with E-state index < -0.39 is 0 Å². The van der Waals surface area contributed by atoms with Crippen molar-refractivity contribution in [3.8, 4) is 0 Å². The molecule has 86 valence electrons. The van der Waals surface area contributed by atoms with Crippen molar-refractivity contribution in [2.45, 2.75) is 19.1 Å². The minimum absolute atomic E-state index is 0.0260. The Bertz CT molecular complexity index is 375. The number of nitrogens with one attached hydrogen (secondary N) is 1. The molecule has 1 unspecified atom stereocenters. The van der Waals surface area contributed by atoms with Crippen molar-refractivity contribution >= 4 is 5.84 Å². The molecule has 1 atom stereocenters. The van der Waals surface area contributed by atoms with Gasteiger partial charge in [0.2, 0.25) is 0 Å². The van der Waals surface area contributed by atoms with E-state index in [1.807, 2.05) is 12.1 Å². The minimum atomic E-state index is -0.0260. The summed E-state index contributed by atoms with van der Waals surface area (Å²) in [5.41, 5.74) is 6.79. The molecule has 0 aromatic carbocycles. The summed E-state index contributed by atoms with van der Waals surface area (Å²) in [5.74, 6) is -0.0260. The second kappa shape index (κ2) is 5.05. The van der Waals surface area contributed by atoms with Crippen molar-refractivity contribution in [1.82, 2.24) is 4.98 Å². The fraction of sp³-hybridized carbons (Fsp3) is 0.455. The normalized spacial score (nSPS) is 19.9. The summed E-state index contributed by atoms with van der Waals surface area (Å²) in [7, 11) is 0. The quantitative estimate of drug-likeness (QED) is 0.578. The van der Waals surface area contributed by atoms with Gasteiger partial charge in [0.25, 0.3) is 0 Å². The van der Waals surface area contributed by atoms with Crippen LogP contribution in [0.4, 0.5) is 0 Å². The standard InChI is InChI=1S/C11H15N3O2/c12-11(13)10-8(2-1-4-14-10)6-16-9-3-5-15-7-9/h1-2,4,9H,3,5-7H2,(H3,12,13). The molecule has 5 nitrogen and oxygen atoms in total. The molecule has 1 aromatic rings. The maximum absolute atomic E-state index is 7.40. The van der Waals surface area contributed by atoms with Crippen molar-refractivity contribution in [2.24, 2.45) is 5.73 Å². The van der Waals surface area contributed by atoms with E-state index in [0.29, 0.717) is 18.9 Å². The van der Waals surface area contributed by atoms with E-state index in [9.17, 15) is 0 Å². The van der Waals surface area contributed by atoms with Crippen LogP contribution in [0.25, 0.3) is 0 Å². The van der Waals surface area contributed by atoms with Gasteiger partial charge < -0.3 is 15.2 Å². The first-order chi connectivity index (χ1) is 7.77. The van der Waals surface area contributed by atoms with Crippen molar-refractivity contribution in [1.29, 1.82) is 5.41 Å². The fourth-order valence-electron chi connectivity index (χ4n) is 1.65. The zero-order chi connectivity index (χ0) is 11.4. The third-order valence-corrected chi connectivity index (χ3v) is 2.51. The van der Waals surface area contributed by atoms with Gasteiger partial charge in [0.15, 0.2) is 0 Å². The summed E-state index contributed by atoms with van der Waals surface area (Å²) < 4.78 is 10.9. The Morgan fingerprint density at radius 3 is 3.25 bits per heavy atom. The summed E-state index contributed by atoms with van der Waals surface area (Å²) in [5, 5.41) is 7.40. The van der Waals surface area contributed by atoms with Crippen LogP contribution in [0, 0.1) is 5.41 Å². The lowest BCUT2D eigenvalue weighted by Crippen LogP contribution is -2.18. The average molecular weight is 221 g/mol. The van der Waals surface area contributed by atoms with Crippen LogP contribution in [0.1, 0.15) is 17.7 Å². The highest BCUT2D eigenvalue weighted by Crippen LogP contribution is 2.13. The summed E-state index contributed by atoms with van der Waals surface area (Å²) >= 11 is 0. The molecule has 1 aliphatic heterocycles. The molecule has 0 saturated carbocycles. The smallest absolute Gasteiger partial charge is 0.142 e. The second-order valence-corrected chi connectivity index (χ2v) is 3.72. The van der Waals surface area contributed by atoms with Gasteiger partial charge in [-0.25, -0.2) is 0 Å². The Morgan fingerprint density at radius 2 is 2.56 bits per heavy atom. The maximum atomic E-state index is 7.40. The van der Waals surface area contributed by atoms with Gasteiger partial charge in [-0.2, -0.15) is 0 Å². The largest absolute Gasteiger partial charge is 0.382 e.